The SMILES string of the molecule is CC[C@H](C)n1nccc1CNc1cnn(C)c1C. The zero-order valence-electron chi connectivity index (χ0n) is 11.5. The molecule has 98 valence electrons. The highest BCUT2D eigenvalue weighted by molar-refractivity contribution is 5.45. The zero-order chi connectivity index (χ0) is 13.1. The zero-order valence-corrected chi connectivity index (χ0v) is 11.5. The van der Waals surface area contributed by atoms with Gasteiger partial charge >= 0.3 is 0 Å². The van der Waals surface area contributed by atoms with E-state index in [1.165, 1.54) is 5.69 Å². The van der Waals surface area contributed by atoms with Crippen molar-refractivity contribution in [2.75, 3.05) is 5.32 Å². The Hall–Kier alpha value is -1.78. The number of anilines is 1. The molecule has 0 saturated heterocycles. The van der Waals surface area contributed by atoms with E-state index in [2.05, 4.69) is 47.0 Å². The molecule has 0 spiro atoms. The van der Waals surface area contributed by atoms with Crippen LogP contribution < -0.4 is 5.32 Å². The number of rotatable bonds is 5. The summed E-state index contributed by atoms with van der Waals surface area (Å²) in [5.74, 6) is 0. The second-order valence-electron chi connectivity index (χ2n) is 4.65. The maximum absolute atomic E-state index is 4.38. The van der Waals surface area contributed by atoms with E-state index < -0.39 is 0 Å². The molecule has 0 fully saturated rings. The molecule has 0 amide bonds. The van der Waals surface area contributed by atoms with Gasteiger partial charge in [0.1, 0.15) is 0 Å². The number of aryl methyl sites for hydroxylation is 1. The number of aromatic nitrogens is 4. The molecule has 2 aromatic rings. The highest BCUT2D eigenvalue weighted by Gasteiger charge is 2.09. The van der Waals surface area contributed by atoms with Crippen molar-refractivity contribution in [3.63, 3.8) is 0 Å². The Balaban J connectivity index is 2.07. The molecule has 5 nitrogen and oxygen atoms in total. The van der Waals surface area contributed by atoms with Gasteiger partial charge in [-0.2, -0.15) is 10.2 Å². The number of nitrogens with one attached hydrogen (secondary N) is 1. The van der Waals surface area contributed by atoms with Crippen molar-refractivity contribution < 1.29 is 0 Å². The van der Waals surface area contributed by atoms with Crippen LogP contribution in [0.4, 0.5) is 5.69 Å². The van der Waals surface area contributed by atoms with Crippen molar-refractivity contribution in [1.29, 1.82) is 0 Å². The summed E-state index contributed by atoms with van der Waals surface area (Å²) in [6.45, 7) is 7.19. The van der Waals surface area contributed by atoms with Crippen LogP contribution in [0.15, 0.2) is 18.5 Å². The van der Waals surface area contributed by atoms with Gasteiger partial charge in [-0.25, -0.2) is 0 Å². The molecule has 2 aromatic heterocycles. The summed E-state index contributed by atoms with van der Waals surface area (Å²) >= 11 is 0. The van der Waals surface area contributed by atoms with Crippen molar-refractivity contribution in [2.45, 2.75) is 39.8 Å². The van der Waals surface area contributed by atoms with Gasteiger partial charge in [-0.05, 0) is 26.3 Å². The predicted molar refractivity (Wildman–Crippen MR) is 72.5 cm³/mol. The minimum Gasteiger partial charge on any atom is -0.377 e. The van der Waals surface area contributed by atoms with E-state index in [-0.39, 0.29) is 0 Å². The Bertz CT molecular complexity index is 511. The summed E-state index contributed by atoms with van der Waals surface area (Å²) in [5, 5.41) is 12.0. The van der Waals surface area contributed by atoms with Gasteiger partial charge in [0.05, 0.1) is 29.8 Å². The van der Waals surface area contributed by atoms with E-state index in [0.29, 0.717) is 6.04 Å². The molecule has 2 heterocycles. The molecule has 0 aliphatic heterocycles. The lowest BCUT2D eigenvalue weighted by Crippen LogP contribution is -2.12. The molecule has 0 aliphatic rings. The first-order valence-electron chi connectivity index (χ1n) is 6.38. The highest BCUT2D eigenvalue weighted by Crippen LogP contribution is 2.16. The molecular weight excluding hydrogens is 226 g/mol. The molecule has 5 heteroatoms. The van der Waals surface area contributed by atoms with Gasteiger partial charge in [-0.1, -0.05) is 6.92 Å². The van der Waals surface area contributed by atoms with Crippen LogP contribution in [0.5, 0.6) is 0 Å². The fourth-order valence-corrected chi connectivity index (χ4v) is 1.91. The average Bonchev–Trinajstić information content (AvgIpc) is 2.95. The Labute approximate surface area is 108 Å². The number of hydrogen-bond donors (Lipinski definition) is 1. The van der Waals surface area contributed by atoms with Gasteiger partial charge in [0.25, 0.3) is 0 Å². The first kappa shape index (κ1) is 12.7. The molecule has 18 heavy (non-hydrogen) atoms. The molecular formula is C13H21N5. The van der Waals surface area contributed by atoms with Crippen LogP contribution in [0.3, 0.4) is 0 Å². The maximum atomic E-state index is 4.38. The van der Waals surface area contributed by atoms with Crippen LogP contribution in [-0.4, -0.2) is 19.6 Å². The second kappa shape index (κ2) is 5.25. The van der Waals surface area contributed by atoms with Crippen molar-refractivity contribution in [1.82, 2.24) is 19.6 Å². The lowest BCUT2D eigenvalue weighted by Gasteiger charge is -2.14. The lowest BCUT2D eigenvalue weighted by molar-refractivity contribution is 0.462. The van der Waals surface area contributed by atoms with Crippen molar-refractivity contribution in [2.24, 2.45) is 7.05 Å². The summed E-state index contributed by atoms with van der Waals surface area (Å²) in [5.41, 5.74) is 3.42. The first-order valence-corrected chi connectivity index (χ1v) is 6.38. The minimum absolute atomic E-state index is 0.437. The van der Waals surface area contributed by atoms with E-state index in [0.717, 1.165) is 24.3 Å². The lowest BCUT2D eigenvalue weighted by atomic mass is 10.2. The minimum atomic E-state index is 0.437. The molecule has 1 N–H and O–H groups in total. The first-order chi connectivity index (χ1) is 8.63. The van der Waals surface area contributed by atoms with Crippen LogP contribution in [0, 0.1) is 6.92 Å². The molecule has 1 atom stereocenters. The normalized spacial score (nSPS) is 12.7. The largest absolute Gasteiger partial charge is 0.377 e. The highest BCUT2D eigenvalue weighted by atomic mass is 15.3. The summed E-state index contributed by atoms with van der Waals surface area (Å²) in [6, 6.07) is 2.50. The third-order valence-electron chi connectivity index (χ3n) is 3.46. The fraction of sp³-hybridized carbons (Fsp3) is 0.538. The Kier molecular flexibility index (Phi) is 3.69. The quantitative estimate of drug-likeness (QED) is 0.883. The summed E-state index contributed by atoms with van der Waals surface area (Å²) < 4.78 is 3.95. The van der Waals surface area contributed by atoms with E-state index in [4.69, 9.17) is 0 Å². The monoisotopic (exact) mass is 247 g/mol. The standard InChI is InChI=1S/C13H21N5/c1-5-10(2)18-12(6-7-15-18)8-14-13-9-16-17(4)11(13)3/h6-7,9-10,14H,5,8H2,1-4H3/t10-/m0/s1. The Morgan fingerprint density at radius 3 is 2.78 bits per heavy atom. The summed E-state index contributed by atoms with van der Waals surface area (Å²) in [7, 11) is 1.95. The van der Waals surface area contributed by atoms with E-state index in [1.807, 2.05) is 24.1 Å². The van der Waals surface area contributed by atoms with Crippen LogP contribution in [0.25, 0.3) is 0 Å². The third-order valence-corrected chi connectivity index (χ3v) is 3.46. The third kappa shape index (κ3) is 2.39. The molecule has 2 rings (SSSR count). The van der Waals surface area contributed by atoms with Gasteiger partial charge in [-0.15, -0.1) is 0 Å². The maximum Gasteiger partial charge on any atom is 0.0759 e. The van der Waals surface area contributed by atoms with Crippen LogP contribution in [0.1, 0.15) is 37.7 Å². The number of nitrogens with zero attached hydrogens (tertiary/aromatic N) is 4. The molecule has 0 unspecified atom stereocenters. The predicted octanol–water partition coefficient (Wildman–Crippen LogP) is 2.51. The smallest absolute Gasteiger partial charge is 0.0759 e. The van der Waals surface area contributed by atoms with E-state index >= 15 is 0 Å². The number of hydrogen-bond acceptors (Lipinski definition) is 3. The topological polar surface area (TPSA) is 47.7 Å². The van der Waals surface area contributed by atoms with Gasteiger partial charge < -0.3 is 5.32 Å². The fourth-order valence-electron chi connectivity index (χ4n) is 1.91. The summed E-state index contributed by atoms with van der Waals surface area (Å²) in [4.78, 5) is 0. The van der Waals surface area contributed by atoms with Crippen molar-refractivity contribution in [3.8, 4) is 0 Å². The van der Waals surface area contributed by atoms with E-state index in [9.17, 15) is 0 Å². The molecule has 0 aliphatic carbocycles. The Morgan fingerprint density at radius 1 is 1.39 bits per heavy atom. The molecule has 0 saturated carbocycles. The summed E-state index contributed by atoms with van der Waals surface area (Å²) in [6.07, 6.45) is 4.80. The average molecular weight is 247 g/mol. The van der Waals surface area contributed by atoms with Gasteiger partial charge in [0.2, 0.25) is 0 Å². The van der Waals surface area contributed by atoms with Crippen LogP contribution in [0.2, 0.25) is 0 Å². The molecule has 0 radical (unpaired) electrons. The van der Waals surface area contributed by atoms with Gasteiger partial charge in [0, 0.05) is 19.3 Å². The van der Waals surface area contributed by atoms with Crippen LogP contribution in [-0.2, 0) is 13.6 Å². The molecule has 0 bridgehead atoms. The van der Waals surface area contributed by atoms with Crippen molar-refractivity contribution in [3.05, 3.63) is 29.8 Å². The Morgan fingerprint density at radius 2 is 2.17 bits per heavy atom. The second-order valence-corrected chi connectivity index (χ2v) is 4.65. The van der Waals surface area contributed by atoms with E-state index in [1.54, 1.807) is 0 Å². The van der Waals surface area contributed by atoms with Crippen LogP contribution >= 0.6 is 0 Å². The van der Waals surface area contributed by atoms with Gasteiger partial charge in [0.15, 0.2) is 0 Å². The van der Waals surface area contributed by atoms with Gasteiger partial charge in [-0.3, -0.25) is 9.36 Å². The molecule has 0 aromatic carbocycles. The van der Waals surface area contributed by atoms with Crippen molar-refractivity contribution >= 4 is 5.69 Å².